The molecule has 1 aliphatic heterocycles. The lowest BCUT2D eigenvalue weighted by molar-refractivity contribution is 0.0186. The summed E-state index contributed by atoms with van der Waals surface area (Å²) >= 11 is 0. The van der Waals surface area contributed by atoms with Gasteiger partial charge in [-0.15, -0.1) is 0 Å². The molecule has 1 saturated heterocycles. The summed E-state index contributed by atoms with van der Waals surface area (Å²) in [6, 6.07) is 7.41. The number of sulfonamides is 1. The Labute approximate surface area is 153 Å². The minimum absolute atomic E-state index is 0.0251. The van der Waals surface area contributed by atoms with Gasteiger partial charge in [-0.05, 0) is 37.6 Å². The minimum atomic E-state index is -3.25. The maximum atomic E-state index is 11.9. The second-order valence-corrected chi connectivity index (χ2v) is 8.38. The zero-order valence-corrected chi connectivity index (χ0v) is 15.8. The van der Waals surface area contributed by atoms with Gasteiger partial charge in [-0.2, -0.15) is 0 Å². The molecule has 2 atom stereocenters. The first-order valence-electron chi connectivity index (χ1n) is 8.70. The maximum absolute atomic E-state index is 11.9. The van der Waals surface area contributed by atoms with E-state index < -0.39 is 10.0 Å². The fourth-order valence-corrected chi connectivity index (χ4v) is 3.79. The Morgan fingerprint density at radius 3 is 2.73 bits per heavy atom. The summed E-state index contributed by atoms with van der Waals surface area (Å²) in [6.07, 6.45) is 2.27. The van der Waals surface area contributed by atoms with Crippen LogP contribution in [0.4, 0.5) is 0 Å². The van der Waals surface area contributed by atoms with Crippen LogP contribution in [0.1, 0.15) is 19.2 Å². The molecule has 7 nitrogen and oxygen atoms in total. The number of hydrogen-bond acceptors (Lipinski definition) is 6. The Hall–Kier alpha value is -1.90. The third-order valence-electron chi connectivity index (χ3n) is 4.42. The highest BCUT2D eigenvalue weighted by Crippen LogP contribution is 2.23. The van der Waals surface area contributed by atoms with Crippen LogP contribution in [-0.4, -0.2) is 45.0 Å². The van der Waals surface area contributed by atoms with Crippen LogP contribution in [0.25, 0.3) is 11.3 Å². The molecule has 0 amide bonds. The molecule has 2 heterocycles. The van der Waals surface area contributed by atoms with Crippen molar-refractivity contribution < 1.29 is 22.3 Å². The van der Waals surface area contributed by atoms with Crippen molar-refractivity contribution >= 4 is 10.0 Å². The predicted molar refractivity (Wildman–Crippen MR) is 97.5 cm³/mol. The van der Waals surface area contributed by atoms with E-state index in [0.29, 0.717) is 32.1 Å². The largest absolute Gasteiger partial charge is 0.493 e. The van der Waals surface area contributed by atoms with Crippen LogP contribution >= 0.6 is 0 Å². The van der Waals surface area contributed by atoms with Gasteiger partial charge in [0.15, 0.2) is 5.89 Å². The van der Waals surface area contributed by atoms with Crippen molar-refractivity contribution in [2.75, 3.05) is 25.6 Å². The zero-order chi connectivity index (χ0) is 18.6. The molecule has 1 aromatic heterocycles. The van der Waals surface area contributed by atoms with E-state index >= 15 is 0 Å². The SMILES string of the molecule is CCS(=O)(=O)N[C@H]1CCOC[C@@H]1COc1ccc(-c2coc(C)n2)cc1. The van der Waals surface area contributed by atoms with Crippen LogP contribution in [0.3, 0.4) is 0 Å². The number of oxazole rings is 1. The lowest BCUT2D eigenvalue weighted by Gasteiger charge is -2.31. The summed E-state index contributed by atoms with van der Waals surface area (Å²) in [5.74, 6) is 1.39. The molecular formula is C18H24N2O5S. The van der Waals surface area contributed by atoms with Crippen LogP contribution in [0.15, 0.2) is 34.9 Å². The molecule has 142 valence electrons. The normalized spacial score (nSPS) is 20.8. The molecule has 1 aliphatic rings. The van der Waals surface area contributed by atoms with Crippen molar-refractivity contribution in [1.82, 2.24) is 9.71 Å². The highest BCUT2D eigenvalue weighted by molar-refractivity contribution is 7.89. The Bertz CT molecular complexity index is 816. The van der Waals surface area contributed by atoms with Gasteiger partial charge in [-0.25, -0.2) is 18.1 Å². The number of aromatic nitrogens is 1. The van der Waals surface area contributed by atoms with E-state index in [1.54, 1.807) is 20.1 Å². The Kier molecular flexibility index (Phi) is 5.95. The fraction of sp³-hybridized carbons (Fsp3) is 0.500. The Morgan fingerprint density at radius 2 is 2.08 bits per heavy atom. The Morgan fingerprint density at radius 1 is 1.31 bits per heavy atom. The van der Waals surface area contributed by atoms with Crippen LogP contribution in [0, 0.1) is 12.8 Å². The van der Waals surface area contributed by atoms with Gasteiger partial charge in [0.1, 0.15) is 17.7 Å². The molecule has 0 aliphatic carbocycles. The van der Waals surface area contributed by atoms with Gasteiger partial charge in [0.2, 0.25) is 10.0 Å². The van der Waals surface area contributed by atoms with Crippen molar-refractivity contribution in [1.29, 1.82) is 0 Å². The Balaban J connectivity index is 1.60. The molecular weight excluding hydrogens is 356 g/mol. The standard InChI is InChI=1S/C18H24N2O5S/c1-3-26(21,22)20-17-8-9-23-10-15(17)11-25-16-6-4-14(5-7-16)18-12-24-13(2)19-18/h4-7,12,15,17,20H,3,8-11H2,1-2H3/t15-,17+/m1/s1. The number of nitrogens with one attached hydrogen (secondary N) is 1. The van der Waals surface area contributed by atoms with E-state index in [4.69, 9.17) is 13.9 Å². The summed E-state index contributed by atoms with van der Waals surface area (Å²) in [4.78, 5) is 4.29. The quantitative estimate of drug-likeness (QED) is 0.793. The molecule has 1 aromatic carbocycles. The smallest absolute Gasteiger partial charge is 0.211 e. The first kappa shape index (κ1) is 18.9. The minimum Gasteiger partial charge on any atom is -0.493 e. The van der Waals surface area contributed by atoms with E-state index in [2.05, 4.69) is 9.71 Å². The van der Waals surface area contributed by atoms with E-state index in [0.717, 1.165) is 17.0 Å². The maximum Gasteiger partial charge on any atom is 0.211 e. The number of hydrogen-bond donors (Lipinski definition) is 1. The average molecular weight is 380 g/mol. The fourth-order valence-electron chi connectivity index (χ4n) is 2.85. The number of nitrogens with zero attached hydrogens (tertiary/aromatic N) is 1. The highest BCUT2D eigenvalue weighted by Gasteiger charge is 2.29. The third kappa shape index (κ3) is 4.84. The third-order valence-corrected chi connectivity index (χ3v) is 5.84. The van der Waals surface area contributed by atoms with Crippen LogP contribution in [0.2, 0.25) is 0 Å². The van der Waals surface area contributed by atoms with E-state index in [-0.39, 0.29) is 17.7 Å². The van der Waals surface area contributed by atoms with Gasteiger partial charge >= 0.3 is 0 Å². The molecule has 3 rings (SSSR count). The van der Waals surface area contributed by atoms with Crippen molar-refractivity contribution in [3.05, 3.63) is 36.4 Å². The summed E-state index contributed by atoms with van der Waals surface area (Å²) < 4.78 is 43.0. The second kappa shape index (κ2) is 8.20. The van der Waals surface area contributed by atoms with Crippen molar-refractivity contribution in [3.8, 4) is 17.0 Å². The van der Waals surface area contributed by atoms with Gasteiger partial charge in [-0.1, -0.05) is 0 Å². The molecule has 26 heavy (non-hydrogen) atoms. The van der Waals surface area contributed by atoms with E-state index in [1.165, 1.54) is 0 Å². The lowest BCUT2D eigenvalue weighted by atomic mass is 9.98. The van der Waals surface area contributed by atoms with Gasteiger partial charge in [-0.3, -0.25) is 0 Å². The molecule has 1 N–H and O–H groups in total. The van der Waals surface area contributed by atoms with Gasteiger partial charge in [0, 0.05) is 31.1 Å². The van der Waals surface area contributed by atoms with Gasteiger partial charge < -0.3 is 13.9 Å². The molecule has 0 bridgehead atoms. The van der Waals surface area contributed by atoms with E-state index in [9.17, 15) is 8.42 Å². The lowest BCUT2D eigenvalue weighted by Crippen LogP contribution is -2.47. The molecule has 0 spiro atoms. The summed E-state index contributed by atoms with van der Waals surface area (Å²) in [6.45, 7) is 4.85. The second-order valence-electron chi connectivity index (χ2n) is 6.34. The summed E-state index contributed by atoms with van der Waals surface area (Å²) in [5, 5.41) is 0. The predicted octanol–water partition coefficient (Wildman–Crippen LogP) is 2.37. The number of aryl methyl sites for hydroxylation is 1. The zero-order valence-electron chi connectivity index (χ0n) is 15.0. The summed E-state index contributed by atoms with van der Waals surface area (Å²) in [7, 11) is -3.25. The average Bonchev–Trinajstić information content (AvgIpc) is 3.07. The number of ether oxygens (including phenoxy) is 2. The van der Waals surface area contributed by atoms with Crippen molar-refractivity contribution in [3.63, 3.8) is 0 Å². The molecule has 0 radical (unpaired) electrons. The number of rotatable bonds is 7. The first-order valence-corrected chi connectivity index (χ1v) is 10.3. The van der Waals surface area contributed by atoms with Gasteiger partial charge in [0.25, 0.3) is 0 Å². The van der Waals surface area contributed by atoms with Gasteiger partial charge in [0.05, 0.1) is 19.0 Å². The van der Waals surface area contributed by atoms with Crippen LogP contribution < -0.4 is 9.46 Å². The summed E-state index contributed by atoms with van der Waals surface area (Å²) in [5.41, 5.74) is 1.73. The molecule has 0 saturated carbocycles. The monoisotopic (exact) mass is 380 g/mol. The molecule has 1 fully saturated rings. The molecule has 8 heteroatoms. The molecule has 0 unspecified atom stereocenters. The molecule has 2 aromatic rings. The van der Waals surface area contributed by atoms with Crippen LogP contribution in [-0.2, 0) is 14.8 Å². The van der Waals surface area contributed by atoms with Crippen molar-refractivity contribution in [2.45, 2.75) is 26.3 Å². The highest BCUT2D eigenvalue weighted by atomic mass is 32.2. The number of benzene rings is 1. The van der Waals surface area contributed by atoms with E-state index in [1.807, 2.05) is 24.3 Å². The van der Waals surface area contributed by atoms with Crippen molar-refractivity contribution in [2.24, 2.45) is 5.92 Å². The first-order chi connectivity index (χ1) is 12.5. The topological polar surface area (TPSA) is 90.7 Å². The van der Waals surface area contributed by atoms with Crippen LogP contribution in [0.5, 0.6) is 5.75 Å².